The molecule has 1 aliphatic heterocycles. The molecule has 0 aliphatic carbocycles. The first kappa shape index (κ1) is 15.0. The largest absolute Gasteiger partial charge is 0.394 e. The molecule has 1 heterocycles. The van der Waals surface area contributed by atoms with Crippen LogP contribution in [0.1, 0.15) is 12.5 Å². The fourth-order valence-corrected chi connectivity index (χ4v) is 2.43. The number of ether oxygens (including phenoxy) is 1. The Kier molecular flexibility index (Phi) is 5.52. The summed E-state index contributed by atoms with van der Waals surface area (Å²) in [6.45, 7) is 4.15. The average molecular weight is 278 g/mol. The minimum atomic E-state index is -0.194. The van der Waals surface area contributed by atoms with Gasteiger partial charge in [0.15, 0.2) is 0 Å². The first-order valence-corrected chi connectivity index (χ1v) is 6.96. The summed E-state index contributed by atoms with van der Waals surface area (Å²) in [4.78, 5) is 14.0. The van der Waals surface area contributed by atoms with Crippen molar-refractivity contribution in [3.05, 3.63) is 35.9 Å². The number of aliphatic hydroxyl groups is 1. The van der Waals surface area contributed by atoms with E-state index in [-0.39, 0.29) is 24.7 Å². The van der Waals surface area contributed by atoms with Gasteiger partial charge in [-0.25, -0.2) is 0 Å². The molecule has 1 fully saturated rings. The van der Waals surface area contributed by atoms with Crippen LogP contribution < -0.4 is 5.32 Å². The average Bonchev–Trinajstić information content (AvgIpc) is 2.45. The van der Waals surface area contributed by atoms with Crippen molar-refractivity contribution in [3.8, 4) is 0 Å². The summed E-state index contributed by atoms with van der Waals surface area (Å²) < 4.78 is 5.55. The molecule has 1 aromatic carbocycles. The van der Waals surface area contributed by atoms with Crippen LogP contribution in [-0.4, -0.2) is 54.4 Å². The highest BCUT2D eigenvalue weighted by Gasteiger charge is 2.25. The van der Waals surface area contributed by atoms with Crippen molar-refractivity contribution in [1.82, 2.24) is 10.2 Å². The Bertz CT molecular complexity index is 424. The van der Waals surface area contributed by atoms with E-state index in [0.29, 0.717) is 19.6 Å². The van der Waals surface area contributed by atoms with Gasteiger partial charge in [-0.1, -0.05) is 30.3 Å². The van der Waals surface area contributed by atoms with Crippen LogP contribution in [0.4, 0.5) is 0 Å². The maximum absolute atomic E-state index is 11.9. The van der Waals surface area contributed by atoms with Crippen molar-refractivity contribution < 1.29 is 14.6 Å². The second-order valence-electron chi connectivity index (χ2n) is 5.21. The van der Waals surface area contributed by atoms with Crippen LogP contribution in [0.15, 0.2) is 30.3 Å². The van der Waals surface area contributed by atoms with Gasteiger partial charge in [0, 0.05) is 19.6 Å². The molecule has 1 aliphatic rings. The van der Waals surface area contributed by atoms with E-state index >= 15 is 0 Å². The molecule has 5 heteroatoms. The van der Waals surface area contributed by atoms with Crippen molar-refractivity contribution in [3.63, 3.8) is 0 Å². The molecule has 0 bridgehead atoms. The number of nitrogens with zero attached hydrogens (tertiary/aromatic N) is 1. The van der Waals surface area contributed by atoms with Gasteiger partial charge in [-0.2, -0.15) is 0 Å². The molecular formula is C15H22N2O3. The van der Waals surface area contributed by atoms with Gasteiger partial charge in [-0.3, -0.25) is 9.69 Å². The maximum atomic E-state index is 11.9. The smallest absolute Gasteiger partial charge is 0.234 e. The molecule has 1 saturated heterocycles. The van der Waals surface area contributed by atoms with Gasteiger partial charge in [0.2, 0.25) is 5.91 Å². The molecule has 1 aromatic rings. The van der Waals surface area contributed by atoms with Crippen molar-refractivity contribution in [2.24, 2.45) is 0 Å². The second-order valence-corrected chi connectivity index (χ2v) is 5.21. The van der Waals surface area contributed by atoms with E-state index in [4.69, 9.17) is 9.84 Å². The highest BCUT2D eigenvalue weighted by molar-refractivity contribution is 5.78. The zero-order valence-electron chi connectivity index (χ0n) is 11.8. The number of rotatable bonds is 5. The number of benzene rings is 1. The van der Waals surface area contributed by atoms with Gasteiger partial charge in [-0.05, 0) is 12.5 Å². The number of carbonyl (C=O) groups excluding carboxylic acids is 1. The van der Waals surface area contributed by atoms with Gasteiger partial charge < -0.3 is 15.2 Å². The normalized spacial score (nSPS) is 23.5. The number of carbonyl (C=O) groups is 1. The fraction of sp³-hybridized carbons (Fsp3) is 0.533. The molecular weight excluding hydrogens is 256 g/mol. The standard InChI is InChI=1S/C15H22N2O3/c1-12-8-17(9-14(11-18)20-12)10-15(19)16-7-13-5-3-2-4-6-13/h2-6,12,14,18H,7-11H2,1H3,(H,16,19). The molecule has 5 nitrogen and oxygen atoms in total. The highest BCUT2D eigenvalue weighted by Crippen LogP contribution is 2.10. The monoisotopic (exact) mass is 278 g/mol. The summed E-state index contributed by atoms with van der Waals surface area (Å²) in [6.07, 6.45) is -0.150. The van der Waals surface area contributed by atoms with E-state index in [9.17, 15) is 4.79 Å². The number of morpholine rings is 1. The van der Waals surface area contributed by atoms with Gasteiger partial charge in [-0.15, -0.1) is 0 Å². The lowest BCUT2D eigenvalue weighted by Gasteiger charge is -2.35. The fourth-order valence-electron chi connectivity index (χ4n) is 2.43. The number of amides is 1. The van der Waals surface area contributed by atoms with Crippen molar-refractivity contribution >= 4 is 5.91 Å². The Morgan fingerprint density at radius 2 is 2.15 bits per heavy atom. The van der Waals surface area contributed by atoms with Crippen LogP contribution in [-0.2, 0) is 16.1 Å². The van der Waals surface area contributed by atoms with E-state index in [1.165, 1.54) is 0 Å². The van der Waals surface area contributed by atoms with Crippen molar-refractivity contribution in [2.75, 3.05) is 26.2 Å². The van der Waals surface area contributed by atoms with Gasteiger partial charge in [0.05, 0.1) is 25.4 Å². The maximum Gasteiger partial charge on any atom is 0.234 e. The lowest BCUT2D eigenvalue weighted by Crippen LogP contribution is -2.50. The summed E-state index contributed by atoms with van der Waals surface area (Å²) in [5.74, 6) is -0.000331. The lowest BCUT2D eigenvalue weighted by atomic mass is 10.2. The predicted molar refractivity (Wildman–Crippen MR) is 76.1 cm³/mol. The van der Waals surface area contributed by atoms with Crippen LogP contribution in [0.2, 0.25) is 0 Å². The molecule has 1 amide bonds. The minimum absolute atomic E-state index is 0.000331. The molecule has 2 unspecified atom stereocenters. The summed E-state index contributed by atoms with van der Waals surface area (Å²) >= 11 is 0. The van der Waals surface area contributed by atoms with Gasteiger partial charge >= 0.3 is 0 Å². The molecule has 2 N–H and O–H groups in total. The molecule has 110 valence electrons. The molecule has 20 heavy (non-hydrogen) atoms. The zero-order valence-corrected chi connectivity index (χ0v) is 11.8. The van der Waals surface area contributed by atoms with Crippen LogP contribution in [0.25, 0.3) is 0 Å². The predicted octanol–water partition coefficient (Wildman–Crippen LogP) is 0.384. The molecule has 0 spiro atoms. The topological polar surface area (TPSA) is 61.8 Å². The summed E-state index contributed by atoms with van der Waals surface area (Å²) in [7, 11) is 0. The molecule has 2 rings (SSSR count). The van der Waals surface area contributed by atoms with Crippen molar-refractivity contribution in [1.29, 1.82) is 0 Å². The van der Waals surface area contributed by atoms with E-state index in [1.807, 2.05) is 42.2 Å². The zero-order chi connectivity index (χ0) is 14.4. The quantitative estimate of drug-likeness (QED) is 0.817. The summed E-state index contributed by atoms with van der Waals surface area (Å²) in [6, 6.07) is 9.83. The Balaban J connectivity index is 1.76. The Morgan fingerprint density at radius 1 is 1.40 bits per heavy atom. The number of nitrogens with one attached hydrogen (secondary N) is 1. The Hall–Kier alpha value is -1.43. The first-order chi connectivity index (χ1) is 9.67. The highest BCUT2D eigenvalue weighted by atomic mass is 16.5. The van der Waals surface area contributed by atoms with E-state index < -0.39 is 0 Å². The third-order valence-corrected chi connectivity index (χ3v) is 3.31. The summed E-state index contributed by atoms with van der Waals surface area (Å²) in [5, 5.41) is 12.1. The number of aliphatic hydroxyl groups excluding tert-OH is 1. The Morgan fingerprint density at radius 3 is 2.85 bits per heavy atom. The van der Waals surface area contributed by atoms with E-state index in [1.54, 1.807) is 0 Å². The van der Waals surface area contributed by atoms with Crippen molar-refractivity contribution in [2.45, 2.75) is 25.7 Å². The Labute approximate surface area is 119 Å². The second kappa shape index (κ2) is 7.38. The van der Waals surface area contributed by atoms with Crippen LogP contribution in [0.3, 0.4) is 0 Å². The minimum Gasteiger partial charge on any atom is -0.394 e. The third kappa shape index (κ3) is 4.59. The van der Waals surface area contributed by atoms with Gasteiger partial charge in [0.25, 0.3) is 0 Å². The first-order valence-electron chi connectivity index (χ1n) is 6.96. The van der Waals surface area contributed by atoms with E-state index in [0.717, 1.165) is 12.1 Å². The summed E-state index contributed by atoms with van der Waals surface area (Å²) in [5.41, 5.74) is 1.09. The van der Waals surface area contributed by atoms with Crippen LogP contribution in [0.5, 0.6) is 0 Å². The molecule has 2 atom stereocenters. The van der Waals surface area contributed by atoms with Gasteiger partial charge in [0.1, 0.15) is 0 Å². The molecule has 0 aromatic heterocycles. The van der Waals surface area contributed by atoms with E-state index in [2.05, 4.69) is 5.32 Å². The van der Waals surface area contributed by atoms with Crippen LogP contribution in [0, 0.1) is 0 Å². The number of hydrogen-bond acceptors (Lipinski definition) is 4. The third-order valence-electron chi connectivity index (χ3n) is 3.31. The number of hydrogen-bond donors (Lipinski definition) is 2. The van der Waals surface area contributed by atoms with Crippen LogP contribution >= 0.6 is 0 Å². The molecule has 0 radical (unpaired) electrons. The SMILES string of the molecule is CC1CN(CC(=O)NCc2ccccc2)CC(CO)O1. The lowest BCUT2D eigenvalue weighted by molar-refractivity contribution is -0.128. The molecule has 0 saturated carbocycles.